The summed E-state index contributed by atoms with van der Waals surface area (Å²) in [6, 6.07) is 19.4. The molecule has 0 bridgehead atoms. The third-order valence-electron chi connectivity index (χ3n) is 4.79. The molecule has 0 aliphatic heterocycles. The van der Waals surface area contributed by atoms with E-state index in [1.807, 2.05) is 30.3 Å². The summed E-state index contributed by atoms with van der Waals surface area (Å²) in [6.07, 6.45) is 0. The highest BCUT2D eigenvalue weighted by molar-refractivity contribution is 6.39. The van der Waals surface area contributed by atoms with Gasteiger partial charge in [-0.1, -0.05) is 72.3 Å². The fourth-order valence-corrected chi connectivity index (χ4v) is 3.71. The number of benzene rings is 3. The number of nitrogens with one attached hydrogen (secondary N) is 1. The first-order valence-electron chi connectivity index (χ1n) is 9.38. The normalized spacial score (nSPS) is 10.9. The first-order valence-corrected chi connectivity index (χ1v) is 9.76. The van der Waals surface area contributed by atoms with Crippen LogP contribution in [0.4, 0.5) is 4.39 Å². The summed E-state index contributed by atoms with van der Waals surface area (Å²) in [5, 5.41) is 0.186. The zero-order valence-electron chi connectivity index (χ0n) is 16.0. The van der Waals surface area contributed by atoms with Gasteiger partial charge in [-0.3, -0.25) is 4.79 Å². The molecule has 0 aliphatic rings. The standard InChI is InChI=1S/C24H17ClFNO3/c1-2-30-24(29)19-20(25)22-16(13-17(27-22)14-9-5-3-6-10-14)18(21(19)26)23(28)15-11-7-4-8-12-15/h3-13,27H,2H2,1H3. The number of fused-ring (bicyclic) bond motifs is 1. The number of aromatic nitrogens is 1. The van der Waals surface area contributed by atoms with E-state index >= 15 is 4.39 Å². The fraction of sp³-hybridized carbons (Fsp3) is 0.0833. The topological polar surface area (TPSA) is 59.2 Å². The Labute approximate surface area is 177 Å². The lowest BCUT2D eigenvalue weighted by Crippen LogP contribution is -2.14. The van der Waals surface area contributed by atoms with Crippen LogP contribution in [0.25, 0.3) is 22.2 Å². The van der Waals surface area contributed by atoms with Crippen LogP contribution >= 0.6 is 11.6 Å². The summed E-state index contributed by atoms with van der Waals surface area (Å²) in [6.45, 7) is 1.66. The molecule has 4 rings (SSSR count). The fourth-order valence-electron chi connectivity index (χ4n) is 3.40. The van der Waals surface area contributed by atoms with Crippen LogP contribution in [0, 0.1) is 5.82 Å². The largest absolute Gasteiger partial charge is 0.462 e. The van der Waals surface area contributed by atoms with E-state index in [0.717, 1.165) is 5.56 Å². The number of hydrogen-bond acceptors (Lipinski definition) is 3. The smallest absolute Gasteiger partial charge is 0.342 e. The minimum atomic E-state index is -0.988. The highest BCUT2D eigenvalue weighted by atomic mass is 35.5. The molecular weight excluding hydrogens is 405 g/mol. The van der Waals surface area contributed by atoms with Crippen LogP contribution in [-0.2, 0) is 4.74 Å². The minimum Gasteiger partial charge on any atom is -0.462 e. The van der Waals surface area contributed by atoms with Gasteiger partial charge >= 0.3 is 5.97 Å². The van der Waals surface area contributed by atoms with E-state index < -0.39 is 23.1 Å². The number of rotatable bonds is 5. The van der Waals surface area contributed by atoms with Gasteiger partial charge in [-0.05, 0) is 18.6 Å². The number of ketones is 1. The van der Waals surface area contributed by atoms with Crippen LogP contribution < -0.4 is 0 Å². The Hall–Kier alpha value is -3.44. The van der Waals surface area contributed by atoms with Crippen LogP contribution in [-0.4, -0.2) is 23.3 Å². The van der Waals surface area contributed by atoms with Crippen molar-refractivity contribution in [3.63, 3.8) is 0 Å². The van der Waals surface area contributed by atoms with E-state index in [0.29, 0.717) is 22.2 Å². The molecule has 4 aromatic rings. The average molecular weight is 422 g/mol. The van der Waals surface area contributed by atoms with Crippen molar-refractivity contribution in [2.75, 3.05) is 6.61 Å². The van der Waals surface area contributed by atoms with Crippen LogP contribution in [0.2, 0.25) is 5.02 Å². The Morgan fingerprint density at radius 1 is 1.00 bits per heavy atom. The lowest BCUT2D eigenvalue weighted by atomic mass is 9.96. The summed E-state index contributed by atoms with van der Waals surface area (Å²) < 4.78 is 20.5. The molecular formula is C24H17ClFNO3. The Bertz CT molecular complexity index is 1250. The van der Waals surface area contributed by atoms with Crippen LogP contribution in [0.5, 0.6) is 0 Å². The molecule has 3 aromatic carbocycles. The number of ether oxygens (including phenoxy) is 1. The second kappa shape index (κ2) is 8.13. The molecule has 6 heteroatoms. The predicted octanol–water partition coefficient (Wildman–Crippen LogP) is 6.04. The van der Waals surface area contributed by atoms with Gasteiger partial charge in [0, 0.05) is 16.6 Å². The Balaban J connectivity index is 2.03. The third-order valence-corrected chi connectivity index (χ3v) is 5.17. The van der Waals surface area contributed by atoms with Crippen molar-refractivity contribution in [2.24, 2.45) is 0 Å². The summed E-state index contributed by atoms with van der Waals surface area (Å²) in [5.74, 6) is -2.45. The van der Waals surface area contributed by atoms with E-state index in [9.17, 15) is 9.59 Å². The lowest BCUT2D eigenvalue weighted by Gasteiger charge is -2.11. The molecule has 30 heavy (non-hydrogen) atoms. The SMILES string of the molecule is CCOC(=O)c1c(F)c(C(=O)c2ccccc2)c2cc(-c3ccccc3)[nH]c2c1Cl. The maximum absolute atomic E-state index is 15.6. The molecule has 0 fully saturated rings. The van der Waals surface area contributed by atoms with Gasteiger partial charge in [-0.25, -0.2) is 9.18 Å². The second-order valence-corrected chi connectivity index (χ2v) is 7.01. The van der Waals surface area contributed by atoms with Crippen molar-refractivity contribution in [2.45, 2.75) is 6.92 Å². The third kappa shape index (κ3) is 3.37. The van der Waals surface area contributed by atoms with Gasteiger partial charge in [0.2, 0.25) is 0 Å². The molecule has 1 heterocycles. The number of halogens is 2. The Morgan fingerprint density at radius 2 is 1.63 bits per heavy atom. The average Bonchev–Trinajstić information content (AvgIpc) is 3.20. The van der Waals surface area contributed by atoms with Crippen LogP contribution in [0.1, 0.15) is 33.2 Å². The number of hydrogen-bond donors (Lipinski definition) is 1. The molecule has 0 aliphatic carbocycles. The zero-order valence-corrected chi connectivity index (χ0v) is 16.8. The molecule has 1 aromatic heterocycles. The monoisotopic (exact) mass is 421 g/mol. The van der Waals surface area contributed by atoms with E-state index in [-0.39, 0.29) is 17.2 Å². The molecule has 0 unspecified atom stereocenters. The van der Waals surface area contributed by atoms with Crippen molar-refractivity contribution in [1.29, 1.82) is 0 Å². The molecule has 0 radical (unpaired) electrons. The molecule has 0 spiro atoms. The first-order chi connectivity index (χ1) is 14.5. The molecule has 0 saturated carbocycles. The van der Waals surface area contributed by atoms with Crippen LogP contribution in [0.3, 0.4) is 0 Å². The molecule has 0 atom stereocenters. The van der Waals surface area contributed by atoms with Crippen molar-refractivity contribution in [3.05, 3.63) is 94.3 Å². The summed E-state index contributed by atoms with van der Waals surface area (Å²) in [4.78, 5) is 28.8. The van der Waals surface area contributed by atoms with E-state index in [2.05, 4.69) is 4.98 Å². The molecule has 1 N–H and O–H groups in total. The van der Waals surface area contributed by atoms with Gasteiger partial charge in [-0.2, -0.15) is 0 Å². The molecule has 150 valence electrons. The van der Waals surface area contributed by atoms with Gasteiger partial charge in [0.1, 0.15) is 5.56 Å². The van der Waals surface area contributed by atoms with E-state index in [1.165, 1.54) is 0 Å². The highest BCUT2D eigenvalue weighted by Crippen LogP contribution is 2.37. The Kier molecular flexibility index (Phi) is 5.38. The van der Waals surface area contributed by atoms with Gasteiger partial charge in [0.15, 0.2) is 11.6 Å². The molecule has 4 nitrogen and oxygen atoms in total. The second-order valence-electron chi connectivity index (χ2n) is 6.63. The maximum Gasteiger partial charge on any atom is 0.342 e. The maximum atomic E-state index is 15.6. The summed E-state index contributed by atoms with van der Waals surface area (Å²) in [7, 11) is 0. The predicted molar refractivity (Wildman–Crippen MR) is 115 cm³/mol. The number of aromatic amines is 1. The number of carbonyl (C=O) groups excluding carboxylic acids is 2. The summed E-state index contributed by atoms with van der Waals surface area (Å²) in [5.41, 5.74) is 1.42. The zero-order chi connectivity index (χ0) is 21.3. The minimum absolute atomic E-state index is 0.0502. The van der Waals surface area contributed by atoms with Crippen LogP contribution in [0.15, 0.2) is 66.7 Å². The lowest BCUT2D eigenvalue weighted by molar-refractivity contribution is 0.0521. The van der Waals surface area contributed by atoms with Gasteiger partial charge in [0.05, 0.1) is 22.7 Å². The van der Waals surface area contributed by atoms with Gasteiger partial charge < -0.3 is 9.72 Å². The quantitative estimate of drug-likeness (QED) is 0.316. The van der Waals surface area contributed by atoms with E-state index in [1.54, 1.807) is 43.3 Å². The molecule has 0 amide bonds. The van der Waals surface area contributed by atoms with Crippen molar-refractivity contribution >= 4 is 34.3 Å². The first kappa shape index (κ1) is 19.9. The van der Waals surface area contributed by atoms with E-state index in [4.69, 9.17) is 16.3 Å². The summed E-state index contributed by atoms with van der Waals surface area (Å²) >= 11 is 6.42. The van der Waals surface area contributed by atoms with Crippen molar-refractivity contribution in [3.8, 4) is 11.3 Å². The number of carbonyl (C=O) groups is 2. The van der Waals surface area contributed by atoms with Crippen molar-refractivity contribution in [1.82, 2.24) is 4.98 Å². The number of H-pyrrole nitrogens is 1. The van der Waals surface area contributed by atoms with Crippen molar-refractivity contribution < 1.29 is 18.7 Å². The van der Waals surface area contributed by atoms with Gasteiger partial charge in [0.25, 0.3) is 0 Å². The number of esters is 1. The Morgan fingerprint density at radius 3 is 2.27 bits per heavy atom. The molecule has 0 saturated heterocycles. The highest BCUT2D eigenvalue weighted by Gasteiger charge is 2.29. The van der Waals surface area contributed by atoms with Gasteiger partial charge in [-0.15, -0.1) is 0 Å².